The van der Waals surface area contributed by atoms with Crippen molar-refractivity contribution < 1.29 is 55.1 Å². The number of nitrogens with zero attached hydrogens (tertiary/aromatic N) is 9. The molecule has 0 fully saturated rings. The van der Waals surface area contributed by atoms with E-state index in [2.05, 4.69) is 27.4 Å². The molecule has 22 heteroatoms. The number of halogens is 6. The van der Waals surface area contributed by atoms with Gasteiger partial charge in [0.1, 0.15) is 17.0 Å². The van der Waals surface area contributed by atoms with Gasteiger partial charge in [0.15, 0.2) is 11.6 Å². The molecule has 6 aliphatic rings. The van der Waals surface area contributed by atoms with Gasteiger partial charge in [0.05, 0.1) is 46.7 Å². The summed E-state index contributed by atoms with van der Waals surface area (Å²) in [6.45, 7) is 7.41. The number of hydrogen-bond acceptors (Lipinski definition) is 11. The molecule has 0 bridgehead atoms. The summed E-state index contributed by atoms with van der Waals surface area (Å²) in [5.74, 6) is -0.363. The van der Waals surface area contributed by atoms with E-state index < -0.39 is 59.6 Å². The van der Waals surface area contributed by atoms with Crippen LogP contribution in [0.3, 0.4) is 0 Å². The van der Waals surface area contributed by atoms with Crippen molar-refractivity contribution in [2.24, 2.45) is 0 Å². The molecule has 0 radical (unpaired) electrons. The number of Topliss-reactive ketones (excluding diaryl/α,β-unsaturated/α-hetero) is 2. The molecular formula is C57H52F6N10O6. The Morgan fingerprint density at radius 2 is 1.11 bits per heavy atom. The second-order valence-electron chi connectivity index (χ2n) is 20.5. The number of allylic oxidation sites excluding steroid dienone is 2. The van der Waals surface area contributed by atoms with Crippen LogP contribution in [0.4, 0.5) is 52.1 Å². The first-order valence-electron chi connectivity index (χ1n) is 25.3. The minimum Gasteiger partial charge on any atom is -0.444 e. The number of pyridine rings is 2. The van der Waals surface area contributed by atoms with Crippen LogP contribution in [0.2, 0.25) is 0 Å². The number of alkyl halides is 6. The highest BCUT2D eigenvalue weighted by atomic mass is 19.4. The number of carbonyl (C=O) groups excluding carboxylic acids is 5. The Morgan fingerprint density at radius 1 is 0.646 bits per heavy atom. The van der Waals surface area contributed by atoms with Crippen molar-refractivity contribution in [2.45, 2.75) is 89.3 Å². The van der Waals surface area contributed by atoms with E-state index in [0.717, 1.165) is 59.1 Å². The maximum atomic E-state index is 13.8. The molecule has 79 heavy (non-hydrogen) atoms. The summed E-state index contributed by atoms with van der Waals surface area (Å²) >= 11 is 0. The third-order valence-electron chi connectivity index (χ3n) is 14.4. The first-order chi connectivity index (χ1) is 37.4. The average molecular weight is 1090 g/mol. The van der Waals surface area contributed by atoms with Crippen molar-refractivity contribution in [1.29, 1.82) is 10.5 Å². The smallest absolute Gasteiger partial charge is 0.433 e. The van der Waals surface area contributed by atoms with Gasteiger partial charge >= 0.3 is 30.5 Å². The molecule has 4 aromatic rings. The average Bonchev–Trinajstić information content (AvgIpc) is 4.26. The number of urea groups is 2. The molecule has 2 unspecified atom stereocenters. The van der Waals surface area contributed by atoms with Gasteiger partial charge in [0.25, 0.3) is 0 Å². The quantitative estimate of drug-likeness (QED) is 0.180. The largest absolute Gasteiger partial charge is 0.444 e. The number of carbonyl (C=O) groups is 5. The number of nitriles is 2. The summed E-state index contributed by atoms with van der Waals surface area (Å²) in [5.41, 5.74) is 4.02. The first-order valence-corrected chi connectivity index (χ1v) is 25.3. The molecule has 408 valence electrons. The van der Waals surface area contributed by atoms with Crippen molar-refractivity contribution in [1.82, 2.24) is 30.0 Å². The third-order valence-corrected chi connectivity index (χ3v) is 14.4. The fourth-order valence-electron chi connectivity index (χ4n) is 10.8. The number of nitrogens with one attached hydrogen (secondary N) is 1. The van der Waals surface area contributed by atoms with E-state index in [1.165, 1.54) is 33.9 Å². The Balaban J connectivity index is 0.000000195. The van der Waals surface area contributed by atoms with E-state index in [4.69, 9.17) is 4.74 Å². The summed E-state index contributed by atoms with van der Waals surface area (Å²) in [7, 11) is 3.04. The molecule has 5 amide bonds. The number of ether oxygens (including phenoxy) is 1. The molecular weight excluding hydrogens is 1030 g/mol. The number of anilines is 2. The normalized spacial score (nSPS) is 19.8. The number of ketones is 2. The summed E-state index contributed by atoms with van der Waals surface area (Å²) in [6, 6.07) is 16.1. The zero-order valence-electron chi connectivity index (χ0n) is 43.6. The number of hydrogen-bond donors (Lipinski definition) is 1. The Labute approximate surface area is 450 Å². The molecule has 2 aliphatic carbocycles. The lowest BCUT2D eigenvalue weighted by Crippen LogP contribution is -2.48. The number of likely N-dealkylation sites (N-methyl/N-ethyl adjacent to an activating group) is 2. The van der Waals surface area contributed by atoms with Gasteiger partial charge in [0.2, 0.25) is 0 Å². The van der Waals surface area contributed by atoms with Gasteiger partial charge < -0.3 is 24.8 Å². The van der Waals surface area contributed by atoms with Crippen LogP contribution in [-0.2, 0) is 26.7 Å². The number of benzene rings is 2. The van der Waals surface area contributed by atoms with Crippen LogP contribution in [0, 0.1) is 22.7 Å². The van der Waals surface area contributed by atoms with E-state index in [9.17, 15) is 60.8 Å². The van der Waals surface area contributed by atoms with Crippen molar-refractivity contribution in [2.75, 3.05) is 50.1 Å². The van der Waals surface area contributed by atoms with Crippen LogP contribution >= 0.6 is 0 Å². The Hall–Kier alpha value is -8.63. The van der Waals surface area contributed by atoms with Crippen LogP contribution in [0.5, 0.6) is 0 Å². The summed E-state index contributed by atoms with van der Waals surface area (Å²) in [4.78, 5) is 80.1. The lowest BCUT2D eigenvalue weighted by molar-refractivity contribution is -0.141. The monoisotopic (exact) mass is 1090 g/mol. The highest BCUT2D eigenvalue weighted by molar-refractivity contribution is 6.09. The van der Waals surface area contributed by atoms with E-state index in [0.29, 0.717) is 69.9 Å². The van der Waals surface area contributed by atoms with E-state index in [-0.39, 0.29) is 55.2 Å². The minimum atomic E-state index is -4.71. The van der Waals surface area contributed by atoms with Gasteiger partial charge in [-0.05, 0) is 135 Å². The standard InChI is InChI=1S/C31H30F3N5O4.C26H22F3N5O2/c1-30(2,3)43-29(42)38-13-10-19(11-14-38)22-15-18(17-35)5-6-21(22)27-26-23(7-8-24(26)40)39(28(41)37(27)4)20-9-12-36-25(16-20)31(32,33)34;1-33-24(18-3-2-15(14-30)12-19(18)16-6-9-31-10-7-16)23-20(4-5-21(23)35)34(25(33)36)17-8-11-32-22(13-17)26(27,28)29/h5-6,9-10,12,15-16,27H,7-8,11,13-14H2,1-4H3;2-3,6,8,11-13,24,31H,4-5,7,9-10H2,1H3. The lowest BCUT2D eigenvalue weighted by Gasteiger charge is -2.41. The second-order valence-corrected chi connectivity index (χ2v) is 20.5. The molecule has 4 aliphatic heterocycles. The van der Waals surface area contributed by atoms with Crippen molar-refractivity contribution in [3.05, 3.63) is 153 Å². The van der Waals surface area contributed by atoms with Crippen LogP contribution in [0.25, 0.3) is 11.1 Å². The van der Waals surface area contributed by atoms with Crippen LogP contribution < -0.4 is 15.1 Å². The zero-order valence-corrected chi connectivity index (χ0v) is 43.6. The Morgan fingerprint density at radius 3 is 1.51 bits per heavy atom. The predicted molar refractivity (Wildman–Crippen MR) is 276 cm³/mol. The Kier molecular flexibility index (Phi) is 14.9. The topological polar surface area (TPSA) is 196 Å². The fourth-order valence-corrected chi connectivity index (χ4v) is 10.8. The predicted octanol–water partition coefficient (Wildman–Crippen LogP) is 10.8. The van der Waals surface area contributed by atoms with Crippen molar-refractivity contribution in [3.8, 4) is 12.1 Å². The SMILES string of the molecule is CN1C(=O)N(c2ccnc(C(F)(F)F)c2)C2=C(C(=O)CC2)C1c1ccc(C#N)cc1C1=CCN(C(=O)OC(C)(C)C)CC1.CN1C(=O)N(c2ccnc(C(F)(F)F)c2)C2=C(C(=O)CC2)C1c1ccc(C#N)cc1C1=CCNCC1. The molecule has 2 aromatic heterocycles. The minimum absolute atomic E-state index is 0.0101. The van der Waals surface area contributed by atoms with Gasteiger partial charge in [-0.1, -0.05) is 24.3 Å². The van der Waals surface area contributed by atoms with E-state index in [1.807, 2.05) is 12.2 Å². The van der Waals surface area contributed by atoms with Gasteiger partial charge in [0, 0.05) is 81.5 Å². The molecule has 6 heterocycles. The first kappa shape index (κ1) is 55.1. The maximum absolute atomic E-state index is 13.8. The molecule has 10 rings (SSSR count). The fraction of sp³-hybridized carbons (Fsp3) is 0.351. The molecule has 2 aromatic carbocycles. The number of rotatable bonds is 6. The maximum Gasteiger partial charge on any atom is 0.433 e. The molecule has 2 atom stereocenters. The highest BCUT2D eigenvalue weighted by Crippen LogP contribution is 2.49. The van der Waals surface area contributed by atoms with Gasteiger partial charge in [-0.2, -0.15) is 36.9 Å². The number of aromatic nitrogens is 2. The Bertz CT molecular complexity index is 3440. The summed E-state index contributed by atoms with van der Waals surface area (Å²) in [6.07, 6.45) is -2.08. The molecule has 1 N–H and O–H groups in total. The van der Waals surface area contributed by atoms with Gasteiger partial charge in [-0.15, -0.1) is 0 Å². The van der Waals surface area contributed by atoms with E-state index >= 15 is 0 Å². The van der Waals surface area contributed by atoms with Crippen LogP contribution in [-0.4, -0.2) is 100 Å². The van der Waals surface area contributed by atoms with Gasteiger partial charge in [-0.3, -0.25) is 29.4 Å². The molecule has 0 saturated carbocycles. The van der Waals surface area contributed by atoms with Crippen LogP contribution in [0.1, 0.15) is 116 Å². The zero-order chi connectivity index (χ0) is 56.9. The van der Waals surface area contributed by atoms with Crippen LogP contribution in [0.15, 0.2) is 108 Å². The lowest BCUT2D eigenvalue weighted by atomic mass is 9.85. The molecule has 0 saturated heterocycles. The number of amides is 5. The van der Waals surface area contributed by atoms with E-state index in [1.54, 1.807) is 69.1 Å². The third kappa shape index (κ3) is 10.8. The van der Waals surface area contributed by atoms with Crippen molar-refractivity contribution in [3.63, 3.8) is 0 Å². The van der Waals surface area contributed by atoms with Crippen molar-refractivity contribution >= 4 is 52.2 Å². The summed E-state index contributed by atoms with van der Waals surface area (Å²) < 4.78 is 85.8. The van der Waals surface area contributed by atoms with Gasteiger partial charge in [-0.25, -0.2) is 14.4 Å². The summed E-state index contributed by atoms with van der Waals surface area (Å²) in [5, 5.41) is 22.4. The second kappa shape index (κ2) is 21.3. The molecule has 0 spiro atoms. The highest BCUT2D eigenvalue weighted by Gasteiger charge is 2.48. The molecule has 16 nitrogen and oxygen atoms in total.